The number of rotatable bonds is 3. The molecular formula is C10H7ClF5NO2. The summed E-state index contributed by atoms with van der Waals surface area (Å²) in [6.45, 7) is 1.36. The molecule has 0 atom stereocenters. The lowest BCUT2D eigenvalue weighted by atomic mass is 10.1. The smallest absolute Gasteiger partial charge is 0.433 e. The van der Waals surface area contributed by atoms with E-state index in [0.717, 1.165) is 0 Å². The minimum atomic E-state index is -5.09. The van der Waals surface area contributed by atoms with E-state index in [0.29, 0.717) is 6.07 Å². The van der Waals surface area contributed by atoms with E-state index in [2.05, 4.69) is 9.72 Å². The van der Waals surface area contributed by atoms with Crippen LogP contribution in [-0.4, -0.2) is 17.6 Å². The maximum atomic E-state index is 12.6. The molecule has 1 aromatic heterocycles. The standard InChI is InChI=1S/C10H7ClF5NO2/c1-2-19-9(18)5-3-4(8(12)13)6(10(14,15)16)17-7(5)11/h3,8H,2H2,1H3. The SMILES string of the molecule is CCOC(=O)c1cc(C(F)F)c(C(F)(F)F)nc1Cl. The molecule has 19 heavy (non-hydrogen) atoms. The van der Waals surface area contributed by atoms with Crippen LogP contribution in [0.2, 0.25) is 5.15 Å². The summed E-state index contributed by atoms with van der Waals surface area (Å²) >= 11 is 5.39. The Hall–Kier alpha value is -1.44. The van der Waals surface area contributed by atoms with Crippen LogP contribution >= 0.6 is 11.6 Å². The molecule has 106 valence electrons. The first-order valence-electron chi connectivity index (χ1n) is 4.91. The van der Waals surface area contributed by atoms with Crippen LogP contribution in [0.5, 0.6) is 0 Å². The fourth-order valence-electron chi connectivity index (χ4n) is 1.25. The number of ether oxygens (including phenoxy) is 1. The number of carbonyl (C=O) groups is 1. The normalized spacial score (nSPS) is 11.8. The first kappa shape index (κ1) is 15.6. The van der Waals surface area contributed by atoms with E-state index in [4.69, 9.17) is 11.6 Å². The molecule has 0 fully saturated rings. The Bertz CT molecular complexity index is 490. The van der Waals surface area contributed by atoms with E-state index in [1.54, 1.807) is 0 Å². The fraction of sp³-hybridized carbons (Fsp3) is 0.400. The second-order valence-electron chi connectivity index (χ2n) is 3.28. The molecule has 0 aliphatic rings. The predicted molar refractivity (Wildman–Crippen MR) is 55.2 cm³/mol. The molecule has 0 bridgehead atoms. The first-order chi connectivity index (χ1) is 8.68. The van der Waals surface area contributed by atoms with Gasteiger partial charge in [-0.3, -0.25) is 0 Å². The van der Waals surface area contributed by atoms with Gasteiger partial charge in [-0.15, -0.1) is 0 Å². The lowest BCUT2D eigenvalue weighted by Crippen LogP contribution is -2.16. The molecule has 1 rings (SSSR count). The van der Waals surface area contributed by atoms with Gasteiger partial charge in [0, 0.05) is 5.56 Å². The Morgan fingerprint density at radius 3 is 2.47 bits per heavy atom. The van der Waals surface area contributed by atoms with Crippen LogP contribution in [0.3, 0.4) is 0 Å². The van der Waals surface area contributed by atoms with E-state index in [-0.39, 0.29) is 6.61 Å². The molecule has 0 spiro atoms. The van der Waals surface area contributed by atoms with Crippen LogP contribution < -0.4 is 0 Å². The monoisotopic (exact) mass is 303 g/mol. The van der Waals surface area contributed by atoms with Gasteiger partial charge < -0.3 is 4.74 Å². The van der Waals surface area contributed by atoms with Crippen molar-refractivity contribution in [2.75, 3.05) is 6.61 Å². The van der Waals surface area contributed by atoms with Crippen molar-refractivity contribution in [3.63, 3.8) is 0 Å². The average molecular weight is 304 g/mol. The van der Waals surface area contributed by atoms with Gasteiger partial charge in [-0.2, -0.15) is 13.2 Å². The Labute approximate surface area is 109 Å². The first-order valence-corrected chi connectivity index (χ1v) is 5.29. The summed E-state index contributed by atoms with van der Waals surface area (Å²) in [5.41, 5.74) is -3.87. The second kappa shape index (κ2) is 5.68. The third-order valence-corrected chi connectivity index (χ3v) is 2.29. The summed E-state index contributed by atoms with van der Waals surface area (Å²) in [6.07, 6.45) is -8.54. The summed E-state index contributed by atoms with van der Waals surface area (Å²) in [5, 5.41) is -0.838. The highest BCUT2D eigenvalue weighted by Crippen LogP contribution is 2.37. The summed E-state index contributed by atoms with van der Waals surface area (Å²) in [7, 11) is 0. The highest BCUT2D eigenvalue weighted by Gasteiger charge is 2.39. The summed E-state index contributed by atoms with van der Waals surface area (Å²) in [5.74, 6) is -1.12. The third-order valence-electron chi connectivity index (χ3n) is 2.00. The Balaban J connectivity index is 3.41. The van der Waals surface area contributed by atoms with E-state index < -0.39 is 40.5 Å². The van der Waals surface area contributed by atoms with Gasteiger partial charge in [0.05, 0.1) is 12.2 Å². The molecule has 9 heteroatoms. The average Bonchev–Trinajstić information content (AvgIpc) is 2.27. The Morgan fingerprint density at radius 2 is 2.05 bits per heavy atom. The van der Waals surface area contributed by atoms with Crippen LogP contribution in [-0.2, 0) is 10.9 Å². The Kier molecular flexibility index (Phi) is 4.67. The van der Waals surface area contributed by atoms with Crippen LogP contribution in [0.15, 0.2) is 6.07 Å². The number of halogens is 6. The zero-order valence-corrected chi connectivity index (χ0v) is 10.1. The lowest BCUT2D eigenvalue weighted by Gasteiger charge is -2.13. The van der Waals surface area contributed by atoms with Crippen LogP contribution in [0.4, 0.5) is 22.0 Å². The molecule has 1 heterocycles. The molecular weight excluding hydrogens is 297 g/mol. The van der Waals surface area contributed by atoms with Crippen molar-refractivity contribution in [1.82, 2.24) is 4.98 Å². The number of carbonyl (C=O) groups excluding carboxylic acids is 1. The minimum Gasteiger partial charge on any atom is -0.462 e. The van der Waals surface area contributed by atoms with Gasteiger partial charge in [-0.05, 0) is 13.0 Å². The number of hydrogen-bond acceptors (Lipinski definition) is 3. The second-order valence-corrected chi connectivity index (χ2v) is 3.64. The number of nitrogens with zero attached hydrogens (tertiary/aromatic N) is 1. The predicted octanol–water partition coefficient (Wildman–Crippen LogP) is 3.87. The fourth-order valence-corrected chi connectivity index (χ4v) is 1.47. The molecule has 0 aliphatic heterocycles. The number of esters is 1. The largest absolute Gasteiger partial charge is 0.462 e. The van der Waals surface area contributed by atoms with Crippen molar-refractivity contribution in [1.29, 1.82) is 0 Å². The van der Waals surface area contributed by atoms with Crippen LogP contribution in [0, 0.1) is 0 Å². The molecule has 3 nitrogen and oxygen atoms in total. The van der Waals surface area contributed by atoms with Crippen molar-refractivity contribution in [2.24, 2.45) is 0 Å². The minimum absolute atomic E-state index is 0.0831. The Morgan fingerprint density at radius 1 is 1.47 bits per heavy atom. The summed E-state index contributed by atoms with van der Waals surface area (Å²) in [6, 6.07) is 0.348. The summed E-state index contributed by atoms with van der Waals surface area (Å²) in [4.78, 5) is 14.2. The van der Waals surface area contributed by atoms with Crippen molar-refractivity contribution in [2.45, 2.75) is 19.5 Å². The molecule has 0 aliphatic carbocycles. The molecule has 0 N–H and O–H groups in total. The van der Waals surface area contributed by atoms with Crippen LogP contribution in [0.25, 0.3) is 0 Å². The van der Waals surface area contributed by atoms with Gasteiger partial charge in [0.15, 0.2) is 5.69 Å². The van der Waals surface area contributed by atoms with Crippen molar-refractivity contribution < 1.29 is 31.5 Å². The van der Waals surface area contributed by atoms with Gasteiger partial charge in [0.2, 0.25) is 0 Å². The van der Waals surface area contributed by atoms with E-state index >= 15 is 0 Å². The topological polar surface area (TPSA) is 39.2 Å². The maximum absolute atomic E-state index is 12.6. The maximum Gasteiger partial charge on any atom is 0.433 e. The van der Waals surface area contributed by atoms with E-state index in [1.807, 2.05) is 0 Å². The highest BCUT2D eigenvalue weighted by atomic mass is 35.5. The van der Waals surface area contributed by atoms with E-state index in [1.165, 1.54) is 6.92 Å². The number of aromatic nitrogens is 1. The van der Waals surface area contributed by atoms with Gasteiger partial charge in [0.25, 0.3) is 6.43 Å². The lowest BCUT2D eigenvalue weighted by molar-refractivity contribution is -0.143. The summed E-state index contributed by atoms with van der Waals surface area (Å²) < 4.78 is 67.1. The van der Waals surface area contributed by atoms with Gasteiger partial charge >= 0.3 is 12.1 Å². The van der Waals surface area contributed by atoms with E-state index in [9.17, 15) is 26.7 Å². The van der Waals surface area contributed by atoms with Crippen molar-refractivity contribution in [3.8, 4) is 0 Å². The van der Waals surface area contributed by atoms with Gasteiger partial charge in [-0.1, -0.05) is 11.6 Å². The molecule has 0 radical (unpaired) electrons. The quantitative estimate of drug-likeness (QED) is 0.483. The van der Waals surface area contributed by atoms with Crippen LogP contribution in [0.1, 0.15) is 35.0 Å². The number of alkyl halides is 5. The zero-order valence-electron chi connectivity index (χ0n) is 9.39. The molecule has 0 saturated carbocycles. The molecule has 0 saturated heterocycles. The third kappa shape index (κ3) is 3.52. The number of pyridine rings is 1. The molecule has 1 aromatic rings. The molecule has 0 amide bonds. The van der Waals surface area contributed by atoms with Gasteiger partial charge in [0.1, 0.15) is 5.15 Å². The molecule has 0 unspecified atom stereocenters. The van der Waals surface area contributed by atoms with Crippen molar-refractivity contribution in [3.05, 3.63) is 28.0 Å². The van der Waals surface area contributed by atoms with Gasteiger partial charge in [-0.25, -0.2) is 18.6 Å². The number of hydrogen-bond donors (Lipinski definition) is 0. The van der Waals surface area contributed by atoms with Crippen molar-refractivity contribution >= 4 is 17.6 Å². The zero-order chi connectivity index (χ0) is 14.8. The highest BCUT2D eigenvalue weighted by molar-refractivity contribution is 6.32. The molecule has 0 aromatic carbocycles.